The summed E-state index contributed by atoms with van der Waals surface area (Å²) < 4.78 is 1.59. The number of aryl methyl sites for hydroxylation is 2. The molecule has 0 bridgehead atoms. The summed E-state index contributed by atoms with van der Waals surface area (Å²) >= 11 is 1.20. The predicted molar refractivity (Wildman–Crippen MR) is 104 cm³/mol. The summed E-state index contributed by atoms with van der Waals surface area (Å²) in [4.78, 5) is 13.2. The Hall–Kier alpha value is -2.72. The summed E-state index contributed by atoms with van der Waals surface area (Å²) in [5.41, 5.74) is 3.68. The zero-order valence-electron chi connectivity index (χ0n) is 14.1. The lowest BCUT2D eigenvalue weighted by atomic mass is 10.1. The fourth-order valence-corrected chi connectivity index (χ4v) is 3.26. The van der Waals surface area contributed by atoms with E-state index in [2.05, 4.69) is 0 Å². The molecule has 3 nitrogen and oxygen atoms in total. The molecular formula is C21H19NO2S. The normalized spacial score (nSPS) is 11.1. The molecule has 3 aromatic rings. The molecule has 1 aromatic heterocycles. The Balaban J connectivity index is 1.72. The zero-order valence-corrected chi connectivity index (χ0v) is 15.0. The van der Waals surface area contributed by atoms with Crippen molar-refractivity contribution in [2.75, 3.05) is 0 Å². The highest BCUT2D eigenvalue weighted by atomic mass is 32.2. The fourth-order valence-electron chi connectivity index (χ4n) is 2.55. The van der Waals surface area contributed by atoms with Crippen molar-refractivity contribution in [3.8, 4) is 5.75 Å². The number of rotatable bonds is 3. The molecule has 1 N–H and O–H groups in total. The molecule has 0 aliphatic carbocycles. The molecule has 25 heavy (non-hydrogen) atoms. The maximum atomic E-state index is 12.3. The van der Waals surface area contributed by atoms with Gasteiger partial charge in [0.15, 0.2) is 0 Å². The van der Waals surface area contributed by atoms with Gasteiger partial charge in [0.2, 0.25) is 0 Å². The monoisotopic (exact) mass is 349 g/mol. The fraction of sp³-hybridized carbons (Fsp3) is 0.0952. The Kier molecular flexibility index (Phi) is 5.10. The quantitative estimate of drug-likeness (QED) is 0.613. The Morgan fingerprint density at radius 3 is 2.32 bits per heavy atom. The molecule has 0 amide bonds. The number of thioether (sulfide) groups is 1. The van der Waals surface area contributed by atoms with Crippen molar-refractivity contribution in [1.29, 1.82) is 0 Å². The maximum absolute atomic E-state index is 12.3. The molecular weight excluding hydrogens is 330 g/mol. The van der Waals surface area contributed by atoms with Crippen LogP contribution in [0.15, 0.2) is 65.8 Å². The molecule has 0 unspecified atom stereocenters. The average molecular weight is 349 g/mol. The topological polar surface area (TPSA) is 42.2 Å². The number of aromatic nitrogens is 1. The summed E-state index contributed by atoms with van der Waals surface area (Å²) in [6.45, 7) is 3.77. The van der Waals surface area contributed by atoms with E-state index in [9.17, 15) is 9.90 Å². The number of nitrogens with zero attached hydrogens (tertiary/aromatic N) is 1. The van der Waals surface area contributed by atoms with Crippen molar-refractivity contribution >= 4 is 29.2 Å². The minimum absolute atomic E-state index is 0.0397. The van der Waals surface area contributed by atoms with Gasteiger partial charge in [-0.05, 0) is 78.2 Å². The minimum Gasteiger partial charge on any atom is -0.507 e. The highest BCUT2D eigenvalue weighted by Crippen LogP contribution is 2.24. The van der Waals surface area contributed by atoms with Gasteiger partial charge in [0, 0.05) is 17.3 Å². The second-order valence-corrected chi connectivity index (χ2v) is 6.89. The highest BCUT2D eigenvalue weighted by Gasteiger charge is 2.07. The van der Waals surface area contributed by atoms with E-state index < -0.39 is 0 Å². The van der Waals surface area contributed by atoms with E-state index in [1.807, 2.05) is 80.7 Å². The Bertz CT molecular complexity index is 903. The lowest BCUT2D eigenvalue weighted by Crippen LogP contribution is -2.01. The Labute approximate surface area is 151 Å². The van der Waals surface area contributed by atoms with Crippen LogP contribution in [-0.4, -0.2) is 14.9 Å². The van der Waals surface area contributed by atoms with E-state index >= 15 is 0 Å². The number of hydrogen-bond donors (Lipinski definition) is 1. The molecule has 0 atom stereocenters. The van der Waals surface area contributed by atoms with Crippen LogP contribution in [0.1, 0.15) is 22.3 Å². The van der Waals surface area contributed by atoms with Crippen LogP contribution in [0.2, 0.25) is 0 Å². The van der Waals surface area contributed by atoms with Crippen molar-refractivity contribution in [2.45, 2.75) is 18.7 Å². The zero-order chi connectivity index (χ0) is 17.8. The van der Waals surface area contributed by atoms with Crippen molar-refractivity contribution in [1.82, 2.24) is 4.57 Å². The SMILES string of the molecule is Cc1cc(C=Cc2ccn(C(=O)Sc3ccccc3)c2)cc(C)c1O. The molecule has 0 fully saturated rings. The number of phenolic OH excluding ortho intramolecular Hbond substituents is 1. The van der Waals surface area contributed by atoms with Gasteiger partial charge < -0.3 is 5.11 Å². The number of phenols is 1. The van der Waals surface area contributed by atoms with Gasteiger partial charge in [0.05, 0.1) is 0 Å². The van der Waals surface area contributed by atoms with Crippen LogP contribution in [0.25, 0.3) is 12.2 Å². The van der Waals surface area contributed by atoms with Crippen LogP contribution in [-0.2, 0) is 0 Å². The van der Waals surface area contributed by atoms with E-state index in [1.54, 1.807) is 10.8 Å². The number of carbonyl (C=O) groups is 1. The number of carbonyl (C=O) groups excluding carboxylic acids is 1. The molecule has 0 saturated heterocycles. The van der Waals surface area contributed by atoms with Gasteiger partial charge in [0.1, 0.15) is 5.75 Å². The molecule has 1 heterocycles. The second-order valence-electron chi connectivity index (χ2n) is 5.87. The van der Waals surface area contributed by atoms with Gasteiger partial charge in [-0.25, -0.2) is 0 Å². The van der Waals surface area contributed by atoms with Crippen LogP contribution in [0.5, 0.6) is 5.75 Å². The van der Waals surface area contributed by atoms with E-state index in [4.69, 9.17) is 0 Å². The largest absolute Gasteiger partial charge is 0.507 e. The van der Waals surface area contributed by atoms with E-state index in [-0.39, 0.29) is 5.24 Å². The summed E-state index contributed by atoms with van der Waals surface area (Å²) in [5.74, 6) is 0.340. The molecule has 0 aliphatic rings. The van der Waals surface area contributed by atoms with Crippen molar-refractivity contribution in [2.24, 2.45) is 0 Å². The lowest BCUT2D eigenvalue weighted by molar-refractivity contribution is 0.262. The van der Waals surface area contributed by atoms with Gasteiger partial charge in [0.25, 0.3) is 5.24 Å². The predicted octanol–water partition coefficient (Wildman–Crippen LogP) is 5.74. The Morgan fingerprint density at radius 2 is 1.64 bits per heavy atom. The number of hydrogen-bond acceptors (Lipinski definition) is 3. The molecule has 2 aromatic carbocycles. The maximum Gasteiger partial charge on any atom is 0.294 e. The summed E-state index contributed by atoms with van der Waals surface area (Å²) in [6, 6.07) is 15.4. The highest BCUT2D eigenvalue weighted by molar-refractivity contribution is 8.13. The molecule has 4 heteroatoms. The summed E-state index contributed by atoms with van der Waals surface area (Å²) in [6.07, 6.45) is 7.52. The third-order valence-corrected chi connectivity index (χ3v) is 4.75. The van der Waals surface area contributed by atoms with Gasteiger partial charge in [-0.1, -0.05) is 30.4 Å². The summed E-state index contributed by atoms with van der Waals surface area (Å²) in [7, 11) is 0. The standard InChI is InChI=1S/C21H19NO2S/c1-15-12-18(13-16(2)20(15)23)9-8-17-10-11-22(14-17)21(24)25-19-6-4-3-5-7-19/h3-14,23H,1-2H3. The molecule has 0 aliphatic heterocycles. The van der Waals surface area contributed by atoms with E-state index in [0.29, 0.717) is 5.75 Å². The molecule has 0 saturated carbocycles. The molecule has 126 valence electrons. The van der Waals surface area contributed by atoms with Gasteiger partial charge >= 0.3 is 0 Å². The van der Waals surface area contributed by atoms with Crippen molar-refractivity contribution in [3.63, 3.8) is 0 Å². The molecule has 3 rings (SSSR count). The third kappa shape index (κ3) is 4.22. The third-order valence-electron chi connectivity index (χ3n) is 3.86. The van der Waals surface area contributed by atoms with Crippen LogP contribution in [0, 0.1) is 13.8 Å². The second kappa shape index (κ2) is 7.45. The van der Waals surface area contributed by atoms with Gasteiger partial charge in [-0.2, -0.15) is 0 Å². The van der Waals surface area contributed by atoms with Gasteiger partial charge in [-0.3, -0.25) is 9.36 Å². The van der Waals surface area contributed by atoms with Crippen LogP contribution < -0.4 is 0 Å². The van der Waals surface area contributed by atoms with Crippen LogP contribution in [0.3, 0.4) is 0 Å². The van der Waals surface area contributed by atoms with Crippen LogP contribution in [0.4, 0.5) is 4.79 Å². The molecule has 0 radical (unpaired) electrons. The van der Waals surface area contributed by atoms with Crippen LogP contribution >= 0.6 is 11.8 Å². The van der Waals surface area contributed by atoms with Gasteiger partial charge in [-0.15, -0.1) is 0 Å². The number of aromatic hydroxyl groups is 1. The first-order valence-electron chi connectivity index (χ1n) is 7.96. The van der Waals surface area contributed by atoms with Crippen molar-refractivity contribution < 1.29 is 9.90 Å². The minimum atomic E-state index is -0.0397. The van der Waals surface area contributed by atoms with Crippen molar-refractivity contribution in [3.05, 3.63) is 83.2 Å². The average Bonchev–Trinajstić information content (AvgIpc) is 3.08. The molecule has 0 spiro atoms. The number of benzene rings is 2. The first-order valence-corrected chi connectivity index (χ1v) is 8.78. The smallest absolute Gasteiger partial charge is 0.294 e. The lowest BCUT2D eigenvalue weighted by Gasteiger charge is -2.04. The Morgan fingerprint density at radius 1 is 1.00 bits per heavy atom. The van der Waals surface area contributed by atoms with E-state index in [0.717, 1.165) is 27.1 Å². The summed E-state index contributed by atoms with van der Waals surface area (Å²) in [5, 5.41) is 9.79. The first kappa shape index (κ1) is 17.1. The van der Waals surface area contributed by atoms with E-state index in [1.165, 1.54) is 11.8 Å². The first-order chi connectivity index (χ1) is 12.0.